The average molecular weight is 574 g/mol. The van der Waals surface area contributed by atoms with Crippen molar-refractivity contribution in [1.29, 1.82) is 0 Å². The Morgan fingerprint density at radius 1 is 0.976 bits per heavy atom. The summed E-state index contributed by atoms with van der Waals surface area (Å²) in [7, 11) is 1.60. The molecular weight excluding hydrogens is 530 g/mol. The predicted octanol–water partition coefficient (Wildman–Crippen LogP) is 3.95. The SMILES string of the molecule is CNC(=O)C1(N2C[C@@H](C(C)C)NC2=O)Cc2ccc(NC(=O)[C@@H](NC(=O)c3ccc(C)cc3)C3CCCCC3)cc2C1. The Balaban J connectivity index is 1.35. The van der Waals surface area contributed by atoms with Gasteiger partial charge in [-0.05, 0) is 67.0 Å². The Bertz CT molecular complexity index is 1350. The van der Waals surface area contributed by atoms with E-state index in [9.17, 15) is 19.2 Å². The molecule has 1 saturated heterocycles. The maximum absolute atomic E-state index is 13.7. The van der Waals surface area contributed by atoms with Gasteiger partial charge in [0.25, 0.3) is 5.91 Å². The number of amides is 5. The van der Waals surface area contributed by atoms with Crippen molar-refractivity contribution in [2.75, 3.05) is 18.9 Å². The maximum atomic E-state index is 13.7. The molecule has 0 radical (unpaired) electrons. The Labute approximate surface area is 248 Å². The molecule has 0 bridgehead atoms. The second kappa shape index (κ2) is 12.2. The van der Waals surface area contributed by atoms with Gasteiger partial charge >= 0.3 is 6.03 Å². The lowest BCUT2D eigenvalue weighted by molar-refractivity contribution is -0.130. The zero-order valence-corrected chi connectivity index (χ0v) is 25.1. The van der Waals surface area contributed by atoms with Crippen molar-refractivity contribution in [2.45, 2.75) is 83.3 Å². The highest BCUT2D eigenvalue weighted by Gasteiger charge is 2.53. The van der Waals surface area contributed by atoms with E-state index >= 15 is 0 Å². The van der Waals surface area contributed by atoms with Gasteiger partial charge < -0.3 is 26.2 Å². The van der Waals surface area contributed by atoms with Crippen molar-refractivity contribution in [1.82, 2.24) is 20.9 Å². The molecule has 2 aromatic carbocycles. The quantitative estimate of drug-likeness (QED) is 0.382. The van der Waals surface area contributed by atoms with Crippen LogP contribution in [-0.4, -0.2) is 59.9 Å². The fourth-order valence-electron chi connectivity index (χ4n) is 6.76. The molecule has 9 nitrogen and oxygen atoms in total. The number of nitrogens with one attached hydrogen (secondary N) is 4. The summed E-state index contributed by atoms with van der Waals surface area (Å²) in [6.07, 6.45) is 5.77. The van der Waals surface area contributed by atoms with E-state index in [1.807, 2.05) is 37.3 Å². The summed E-state index contributed by atoms with van der Waals surface area (Å²) in [5.74, 6) is -0.383. The summed E-state index contributed by atoms with van der Waals surface area (Å²) in [6, 6.07) is 12.1. The molecule has 9 heteroatoms. The van der Waals surface area contributed by atoms with Crippen molar-refractivity contribution in [2.24, 2.45) is 11.8 Å². The van der Waals surface area contributed by atoms with Crippen LogP contribution in [0.25, 0.3) is 0 Å². The number of rotatable bonds is 8. The third kappa shape index (κ3) is 5.87. The number of benzene rings is 2. The Hall–Kier alpha value is -3.88. The largest absolute Gasteiger partial charge is 0.357 e. The molecule has 1 saturated carbocycles. The Morgan fingerprint density at radius 3 is 2.31 bits per heavy atom. The maximum Gasteiger partial charge on any atom is 0.318 e. The van der Waals surface area contributed by atoms with Gasteiger partial charge in [0, 0.05) is 37.7 Å². The van der Waals surface area contributed by atoms with Gasteiger partial charge in [-0.2, -0.15) is 0 Å². The van der Waals surface area contributed by atoms with Crippen LogP contribution in [0, 0.1) is 18.8 Å². The highest BCUT2D eigenvalue weighted by molar-refractivity contribution is 6.01. The highest BCUT2D eigenvalue weighted by atomic mass is 16.2. The molecule has 42 heavy (non-hydrogen) atoms. The number of nitrogens with zero attached hydrogens (tertiary/aromatic N) is 1. The van der Waals surface area contributed by atoms with Crippen LogP contribution in [-0.2, 0) is 22.4 Å². The fraction of sp³-hybridized carbons (Fsp3) is 0.515. The van der Waals surface area contributed by atoms with E-state index in [4.69, 9.17) is 0 Å². The third-order valence-electron chi connectivity index (χ3n) is 9.35. The number of fused-ring (bicyclic) bond motifs is 1. The molecule has 5 amide bonds. The summed E-state index contributed by atoms with van der Waals surface area (Å²) >= 11 is 0. The van der Waals surface area contributed by atoms with Gasteiger partial charge in [0.05, 0.1) is 6.04 Å². The molecule has 1 unspecified atom stereocenters. The zero-order valence-electron chi connectivity index (χ0n) is 25.1. The van der Waals surface area contributed by atoms with Crippen LogP contribution in [0.3, 0.4) is 0 Å². The van der Waals surface area contributed by atoms with Crippen LogP contribution in [0.2, 0.25) is 0 Å². The number of anilines is 1. The monoisotopic (exact) mass is 573 g/mol. The molecule has 5 rings (SSSR count). The summed E-state index contributed by atoms with van der Waals surface area (Å²) in [5, 5.41) is 11.9. The standard InChI is InChI=1S/C33H43N5O4/c1-20(2)27-19-38(32(42)36-27)33(31(41)34-4)17-24-14-15-26(16-25(24)18-33)35-30(40)28(22-8-6-5-7-9-22)37-29(39)23-12-10-21(3)11-13-23/h10-16,20,22,27-28H,5-9,17-19H2,1-4H3,(H,34,41)(H,35,40)(H,36,42)(H,37,39)/t27-,28-,33?/m0/s1. The average Bonchev–Trinajstić information content (AvgIpc) is 3.57. The van der Waals surface area contributed by atoms with Crippen LogP contribution in [0.1, 0.15) is 73.0 Å². The molecule has 4 N–H and O–H groups in total. The first-order valence-corrected chi connectivity index (χ1v) is 15.2. The van der Waals surface area contributed by atoms with Gasteiger partial charge in [0.15, 0.2) is 0 Å². The second-order valence-electron chi connectivity index (χ2n) is 12.6. The van der Waals surface area contributed by atoms with E-state index in [0.717, 1.165) is 48.8 Å². The highest BCUT2D eigenvalue weighted by Crippen LogP contribution is 2.38. The first-order chi connectivity index (χ1) is 20.1. The number of urea groups is 1. The zero-order chi connectivity index (χ0) is 30.0. The smallest absolute Gasteiger partial charge is 0.318 e. The van der Waals surface area contributed by atoms with Crippen LogP contribution in [0.4, 0.5) is 10.5 Å². The molecule has 0 spiro atoms. The van der Waals surface area contributed by atoms with E-state index in [-0.39, 0.29) is 41.6 Å². The van der Waals surface area contributed by atoms with Gasteiger partial charge in [0.1, 0.15) is 11.6 Å². The number of carbonyl (C=O) groups excluding carboxylic acids is 4. The van der Waals surface area contributed by atoms with Gasteiger partial charge in [0.2, 0.25) is 11.8 Å². The van der Waals surface area contributed by atoms with E-state index in [1.165, 1.54) is 0 Å². The number of carbonyl (C=O) groups is 4. The van der Waals surface area contributed by atoms with Crippen molar-refractivity contribution >= 4 is 29.4 Å². The molecular formula is C33H43N5O4. The summed E-state index contributed by atoms with van der Waals surface area (Å²) in [6.45, 7) is 6.55. The Morgan fingerprint density at radius 2 is 1.67 bits per heavy atom. The van der Waals surface area contributed by atoms with Crippen LogP contribution in [0.5, 0.6) is 0 Å². The number of hydrogen-bond acceptors (Lipinski definition) is 4. The van der Waals surface area contributed by atoms with Gasteiger partial charge in [-0.3, -0.25) is 14.4 Å². The minimum atomic E-state index is -1.03. The molecule has 2 aromatic rings. The van der Waals surface area contributed by atoms with E-state index < -0.39 is 11.6 Å². The molecule has 3 aliphatic rings. The second-order valence-corrected chi connectivity index (χ2v) is 12.6. The lowest BCUT2D eigenvalue weighted by Gasteiger charge is -2.36. The topological polar surface area (TPSA) is 120 Å². The fourth-order valence-corrected chi connectivity index (χ4v) is 6.76. The van der Waals surface area contributed by atoms with Crippen LogP contribution >= 0.6 is 0 Å². The normalized spacial score (nSPS) is 22.8. The number of likely N-dealkylation sites (N-methyl/N-ethyl adjacent to an activating group) is 1. The third-order valence-corrected chi connectivity index (χ3v) is 9.35. The molecule has 2 fully saturated rings. The van der Waals surface area contributed by atoms with E-state index in [2.05, 4.69) is 35.1 Å². The van der Waals surface area contributed by atoms with Crippen molar-refractivity contribution in [3.63, 3.8) is 0 Å². The molecule has 224 valence electrons. The van der Waals surface area contributed by atoms with E-state index in [0.29, 0.717) is 30.6 Å². The lowest BCUT2D eigenvalue weighted by atomic mass is 9.83. The lowest BCUT2D eigenvalue weighted by Crippen LogP contribution is -2.60. The predicted molar refractivity (Wildman–Crippen MR) is 162 cm³/mol. The molecule has 1 aliphatic heterocycles. The van der Waals surface area contributed by atoms with Crippen LogP contribution in [0.15, 0.2) is 42.5 Å². The van der Waals surface area contributed by atoms with Crippen LogP contribution < -0.4 is 21.3 Å². The minimum Gasteiger partial charge on any atom is -0.357 e. The number of aryl methyl sites for hydroxylation is 1. The molecule has 0 aromatic heterocycles. The minimum absolute atomic E-state index is 0.0237. The van der Waals surface area contributed by atoms with Gasteiger partial charge in [-0.15, -0.1) is 0 Å². The molecule has 2 aliphatic carbocycles. The summed E-state index contributed by atoms with van der Waals surface area (Å²) in [4.78, 5) is 54.9. The van der Waals surface area contributed by atoms with Crippen molar-refractivity contribution < 1.29 is 19.2 Å². The first kappa shape index (κ1) is 29.6. The number of hydrogen-bond donors (Lipinski definition) is 4. The van der Waals surface area contributed by atoms with Crippen molar-refractivity contribution in [3.8, 4) is 0 Å². The van der Waals surface area contributed by atoms with Crippen molar-refractivity contribution in [3.05, 3.63) is 64.7 Å². The molecule has 3 atom stereocenters. The summed E-state index contributed by atoms with van der Waals surface area (Å²) < 4.78 is 0. The first-order valence-electron chi connectivity index (χ1n) is 15.2. The summed E-state index contributed by atoms with van der Waals surface area (Å²) in [5.41, 5.74) is 3.09. The van der Waals surface area contributed by atoms with Gasteiger partial charge in [-0.25, -0.2) is 4.79 Å². The Kier molecular flexibility index (Phi) is 8.57. The molecule has 1 heterocycles. The van der Waals surface area contributed by atoms with Gasteiger partial charge in [-0.1, -0.05) is 56.9 Å². The van der Waals surface area contributed by atoms with E-state index in [1.54, 1.807) is 24.1 Å².